The van der Waals surface area contributed by atoms with Crippen molar-refractivity contribution in [2.24, 2.45) is 0 Å². The third-order valence-corrected chi connectivity index (χ3v) is 7.45. The summed E-state index contributed by atoms with van der Waals surface area (Å²) in [4.78, 5) is 6.93. The van der Waals surface area contributed by atoms with Gasteiger partial charge in [-0.1, -0.05) is 0 Å². The lowest BCUT2D eigenvalue weighted by molar-refractivity contribution is 0.190. The summed E-state index contributed by atoms with van der Waals surface area (Å²) >= 11 is 0. The topological polar surface area (TPSA) is 58.4 Å². The van der Waals surface area contributed by atoms with Gasteiger partial charge in [0.2, 0.25) is 10.0 Å². The third kappa shape index (κ3) is 4.05. The van der Waals surface area contributed by atoms with Crippen LogP contribution in [0.1, 0.15) is 12.5 Å². The summed E-state index contributed by atoms with van der Waals surface area (Å²) in [5.41, 5.74) is 2.29. The summed E-state index contributed by atoms with van der Waals surface area (Å²) in [7, 11) is -3.57. The molecule has 3 aromatic rings. The molecule has 154 valence electrons. The molecule has 1 saturated heterocycles. The van der Waals surface area contributed by atoms with Gasteiger partial charge in [0.1, 0.15) is 11.5 Å². The molecule has 1 aromatic carbocycles. The molecule has 1 fully saturated rings. The zero-order valence-corrected chi connectivity index (χ0v) is 17.3. The maximum absolute atomic E-state index is 13.1. The Hall–Kier alpha value is -2.29. The van der Waals surface area contributed by atoms with Crippen molar-refractivity contribution in [3.05, 3.63) is 60.2 Å². The van der Waals surface area contributed by atoms with Crippen LogP contribution in [0.5, 0.6) is 0 Å². The Morgan fingerprint density at radius 2 is 1.79 bits per heavy atom. The summed E-state index contributed by atoms with van der Waals surface area (Å²) in [5.74, 6) is -0.437. The first-order valence-electron chi connectivity index (χ1n) is 9.90. The number of benzene rings is 1. The van der Waals surface area contributed by atoms with Gasteiger partial charge in [0.25, 0.3) is 0 Å². The van der Waals surface area contributed by atoms with Gasteiger partial charge in [-0.2, -0.15) is 4.31 Å². The van der Waals surface area contributed by atoms with E-state index >= 15 is 0 Å². The molecule has 29 heavy (non-hydrogen) atoms. The van der Waals surface area contributed by atoms with E-state index in [9.17, 15) is 12.8 Å². The second-order valence-electron chi connectivity index (χ2n) is 7.26. The predicted molar refractivity (Wildman–Crippen MR) is 111 cm³/mol. The average Bonchev–Trinajstić information content (AvgIpc) is 3.11. The molecule has 0 radical (unpaired) electrons. The van der Waals surface area contributed by atoms with Crippen LogP contribution in [0.4, 0.5) is 4.39 Å². The van der Waals surface area contributed by atoms with Gasteiger partial charge < -0.3 is 9.47 Å². The predicted octanol–water partition coefficient (Wildman–Crippen LogP) is 2.74. The molecular weight excluding hydrogens is 391 g/mol. The van der Waals surface area contributed by atoms with Gasteiger partial charge in [-0.05, 0) is 55.3 Å². The molecule has 0 amide bonds. The van der Waals surface area contributed by atoms with Crippen molar-refractivity contribution in [2.45, 2.75) is 24.8 Å². The molecule has 0 bridgehead atoms. The fourth-order valence-corrected chi connectivity index (χ4v) is 5.29. The average molecular weight is 417 g/mol. The van der Waals surface area contributed by atoms with E-state index in [0.29, 0.717) is 26.2 Å². The number of fused-ring (bicyclic) bond motifs is 1. The number of aromatic nitrogens is 2. The number of hydrogen-bond acceptors (Lipinski definition) is 4. The molecule has 8 heteroatoms. The smallest absolute Gasteiger partial charge is 0.243 e. The van der Waals surface area contributed by atoms with Gasteiger partial charge in [-0.3, -0.25) is 0 Å². The minimum absolute atomic E-state index is 0.146. The highest BCUT2D eigenvalue weighted by Gasteiger charge is 2.28. The Labute approximate surface area is 170 Å². The number of aryl methyl sites for hydroxylation is 1. The molecule has 4 rings (SSSR count). The Bertz CT molecular complexity index is 1090. The molecule has 0 unspecified atom stereocenters. The number of pyridine rings is 1. The van der Waals surface area contributed by atoms with Crippen LogP contribution in [0.25, 0.3) is 11.0 Å². The van der Waals surface area contributed by atoms with Gasteiger partial charge >= 0.3 is 0 Å². The van der Waals surface area contributed by atoms with Crippen LogP contribution in [0.15, 0.2) is 53.7 Å². The van der Waals surface area contributed by atoms with Crippen LogP contribution >= 0.6 is 0 Å². The lowest BCUT2D eigenvalue weighted by Crippen LogP contribution is -2.48. The first-order valence-corrected chi connectivity index (χ1v) is 11.3. The Kier molecular flexibility index (Phi) is 5.67. The molecule has 0 N–H and O–H groups in total. The summed E-state index contributed by atoms with van der Waals surface area (Å²) in [6.45, 7) is 6.13. The molecule has 2 aromatic heterocycles. The minimum Gasteiger partial charge on any atom is -0.333 e. The van der Waals surface area contributed by atoms with E-state index < -0.39 is 15.8 Å². The molecule has 0 atom stereocenters. The van der Waals surface area contributed by atoms with Gasteiger partial charge in [-0.15, -0.1) is 0 Å². The van der Waals surface area contributed by atoms with E-state index in [1.165, 1.54) is 39.5 Å². The van der Waals surface area contributed by atoms with E-state index in [2.05, 4.69) is 33.6 Å². The normalized spacial score (nSPS) is 16.5. The third-order valence-electron chi connectivity index (χ3n) is 5.54. The fraction of sp³-hybridized carbons (Fsp3) is 0.381. The van der Waals surface area contributed by atoms with E-state index in [1.54, 1.807) is 0 Å². The number of nitrogens with zero attached hydrogens (tertiary/aromatic N) is 4. The maximum atomic E-state index is 13.1. The molecule has 0 spiro atoms. The zero-order valence-electron chi connectivity index (χ0n) is 16.5. The number of hydrogen-bond donors (Lipinski definition) is 0. The van der Waals surface area contributed by atoms with Crippen molar-refractivity contribution in [3.8, 4) is 0 Å². The zero-order chi connectivity index (χ0) is 20.4. The summed E-state index contributed by atoms with van der Waals surface area (Å²) < 4.78 is 42.2. The Morgan fingerprint density at radius 3 is 2.48 bits per heavy atom. The van der Waals surface area contributed by atoms with Crippen molar-refractivity contribution in [3.63, 3.8) is 0 Å². The largest absolute Gasteiger partial charge is 0.333 e. The van der Waals surface area contributed by atoms with Crippen LogP contribution in [0.3, 0.4) is 0 Å². The molecule has 1 aliphatic heterocycles. The van der Waals surface area contributed by atoms with Gasteiger partial charge in [0.15, 0.2) is 0 Å². The first-order chi connectivity index (χ1) is 14.0. The molecule has 1 aliphatic rings. The van der Waals surface area contributed by atoms with Gasteiger partial charge in [0.05, 0.1) is 4.90 Å². The lowest BCUT2D eigenvalue weighted by atomic mass is 10.1. The molecule has 0 saturated carbocycles. The lowest BCUT2D eigenvalue weighted by Gasteiger charge is -2.34. The van der Waals surface area contributed by atoms with Gasteiger partial charge in [0, 0.05) is 57.0 Å². The maximum Gasteiger partial charge on any atom is 0.243 e. The van der Waals surface area contributed by atoms with Crippen molar-refractivity contribution >= 4 is 21.1 Å². The van der Waals surface area contributed by atoms with Crippen molar-refractivity contribution in [1.82, 2.24) is 18.8 Å². The summed E-state index contributed by atoms with van der Waals surface area (Å²) in [6.07, 6.45) is 4.89. The monoisotopic (exact) mass is 416 g/mol. The number of rotatable bonds is 6. The van der Waals surface area contributed by atoms with Crippen molar-refractivity contribution in [2.75, 3.05) is 32.7 Å². The highest BCUT2D eigenvalue weighted by atomic mass is 32.2. The van der Waals surface area contributed by atoms with Crippen LogP contribution in [-0.4, -0.2) is 59.9 Å². The summed E-state index contributed by atoms with van der Waals surface area (Å²) in [5, 5.41) is 1.19. The van der Waals surface area contributed by atoms with E-state index in [-0.39, 0.29) is 4.90 Å². The Morgan fingerprint density at radius 1 is 1.07 bits per heavy atom. The molecule has 0 aliphatic carbocycles. The second kappa shape index (κ2) is 8.22. The molecule has 3 heterocycles. The van der Waals surface area contributed by atoms with E-state index in [1.807, 2.05) is 12.3 Å². The fourth-order valence-electron chi connectivity index (χ4n) is 3.86. The molecule has 6 nitrogen and oxygen atoms in total. The van der Waals surface area contributed by atoms with Crippen molar-refractivity contribution in [1.29, 1.82) is 0 Å². The Balaban J connectivity index is 1.38. The second-order valence-corrected chi connectivity index (χ2v) is 9.20. The highest BCUT2D eigenvalue weighted by molar-refractivity contribution is 7.89. The number of piperazine rings is 1. The first kappa shape index (κ1) is 20.0. The molecular formula is C21H25FN4O2S. The van der Waals surface area contributed by atoms with Crippen molar-refractivity contribution < 1.29 is 12.8 Å². The number of halogens is 1. The van der Waals surface area contributed by atoms with E-state index in [0.717, 1.165) is 25.2 Å². The minimum atomic E-state index is -3.57. The van der Waals surface area contributed by atoms with Crippen LogP contribution in [-0.2, 0) is 23.0 Å². The highest BCUT2D eigenvalue weighted by Crippen LogP contribution is 2.21. The van der Waals surface area contributed by atoms with Crippen LogP contribution in [0.2, 0.25) is 0 Å². The standard InChI is InChI=1S/C21H25FN4O2S/c1-2-25-16-17(20-4-3-10-23-21(20)25)9-11-24-12-14-26(15-13-24)29(27,28)19-7-5-18(22)6-8-19/h3-8,10,16H,2,9,11-15H2,1H3. The van der Waals surface area contributed by atoms with Gasteiger partial charge in [-0.25, -0.2) is 17.8 Å². The number of sulfonamides is 1. The van der Waals surface area contributed by atoms with Crippen LogP contribution in [0, 0.1) is 5.82 Å². The summed E-state index contributed by atoms with van der Waals surface area (Å²) in [6, 6.07) is 9.10. The van der Waals surface area contributed by atoms with Crippen LogP contribution < -0.4 is 0 Å². The SMILES string of the molecule is CCn1cc(CCN2CCN(S(=O)(=O)c3ccc(F)cc3)CC2)c2cccnc21. The quantitative estimate of drug-likeness (QED) is 0.620. The van der Waals surface area contributed by atoms with E-state index in [4.69, 9.17) is 0 Å².